The number of hydrogen-bond donors (Lipinski definition) is 0. The molecule has 0 radical (unpaired) electrons. The molecule has 2 amide bonds. The summed E-state index contributed by atoms with van der Waals surface area (Å²) >= 11 is 6.21. The lowest BCUT2D eigenvalue weighted by molar-refractivity contribution is -0.133. The molecule has 0 bridgehead atoms. The maximum absolute atomic E-state index is 14.5. The van der Waals surface area contributed by atoms with E-state index in [0.29, 0.717) is 0 Å². The van der Waals surface area contributed by atoms with E-state index in [-0.39, 0.29) is 23.4 Å². The summed E-state index contributed by atoms with van der Waals surface area (Å²) < 4.78 is 20.2. The topological polar surface area (TPSA) is 46.6 Å². The molecule has 0 spiro atoms. The molecule has 3 aromatic rings. The van der Waals surface area contributed by atoms with Crippen LogP contribution in [0.5, 0.6) is 0 Å². The molecule has 33 heavy (non-hydrogen) atoms. The van der Waals surface area contributed by atoms with Crippen LogP contribution in [0.3, 0.4) is 0 Å². The van der Waals surface area contributed by atoms with Gasteiger partial charge >= 0.3 is 6.09 Å². The largest absolute Gasteiger partial charge is 0.438 e. The first-order chi connectivity index (χ1) is 16.0. The second-order valence-electron chi connectivity index (χ2n) is 7.90. The minimum atomic E-state index is -0.731. The third-order valence-corrected chi connectivity index (χ3v) is 6.16. The van der Waals surface area contributed by atoms with E-state index in [2.05, 4.69) is 6.58 Å². The monoisotopic (exact) mass is 463 g/mol. The average Bonchev–Trinajstić information content (AvgIpc) is 3.18. The first kappa shape index (κ1) is 22.7. The van der Waals surface area contributed by atoms with Gasteiger partial charge in [-0.1, -0.05) is 84.4 Å². The Hall–Kier alpha value is -3.44. The molecule has 3 atom stereocenters. The van der Waals surface area contributed by atoms with Crippen LogP contribution in [0.2, 0.25) is 5.02 Å². The summed E-state index contributed by atoms with van der Waals surface area (Å²) in [7, 11) is 0. The highest BCUT2D eigenvalue weighted by molar-refractivity contribution is 6.31. The van der Waals surface area contributed by atoms with E-state index in [9.17, 15) is 14.0 Å². The van der Waals surface area contributed by atoms with E-state index in [1.165, 1.54) is 12.1 Å². The van der Waals surface area contributed by atoms with Crippen molar-refractivity contribution in [2.45, 2.75) is 25.0 Å². The molecular formula is C27H23ClFNO3. The maximum Gasteiger partial charge on any atom is 0.417 e. The molecule has 0 saturated carbocycles. The maximum atomic E-state index is 14.5. The molecule has 1 aliphatic heterocycles. The normalized spacial score (nSPS) is 18.6. The van der Waals surface area contributed by atoms with Gasteiger partial charge in [0, 0.05) is 16.5 Å². The second kappa shape index (κ2) is 10.0. The number of nitrogens with zero attached hydrogens (tertiary/aromatic N) is 1. The lowest BCUT2D eigenvalue weighted by Crippen LogP contribution is -2.39. The number of carbonyl (C=O) groups is 2. The fourth-order valence-electron chi connectivity index (χ4n) is 4.22. The van der Waals surface area contributed by atoms with Gasteiger partial charge in [-0.3, -0.25) is 4.79 Å². The summed E-state index contributed by atoms with van der Waals surface area (Å²) in [4.78, 5) is 27.9. The fourth-order valence-corrected chi connectivity index (χ4v) is 4.46. The number of benzene rings is 3. The molecule has 6 heteroatoms. The van der Waals surface area contributed by atoms with Crippen LogP contribution in [0, 0.1) is 11.7 Å². The molecule has 0 unspecified atom stereocenters. The first-order valence-electron chi connectivity index (χ1n) is 10.7. The Labute approximate surface area is 197 Å². The van der Waals surface area contributed by atoms with E-state index in [1.54, 1.807) is 12.1 Å². The number of cyclic esters (lactones) is 1. The molecule has 1 heterocycles. The zero-order valence-corrected chi connectivity index (χ0v) is 18.6. The molecule has 4 nitrogen and oxygen atoms in total. The van der Waals surface area contributed by atoms with Gasteiger partial charge in [-0.15, -0.1) is 6.58 Å². The van der Waals surface area contributed by atoms with Crippen molar-refractivity contribution >= 4 is 23.6 Å². The lowest BCUT2D eigenvalue weighted by atomic mass is 9.91. The van der Waals surface area contributed by atoms with Gasteiger partial charge in [-0.2, -0.15) is 0 Å². The lowest BCUT2D eigenvalue weighted by Gasteiger charge is -2.27. The minimum absolute atomic E-state index is 0.0393. The zero-order valence-electron chi connectivity index (χ0n) is 17.9. The van der Waals surface area contributed by atoms with Crippen LogP contribution in [0.4, 0.5) is 9.18 Å². The molecule has 0 aliphatic carbocycles. The molecule has 1 saturated heterocycles. The molecule has 3 aromatic carbocycles. The van der Waals surface area contributed by atoms with Gasteiger partial charge in [-0.25, -0.2) is 14.1 Å². The summed E-state index contributed by atoms with van der Waals surface area (Å²) in [6.45, 7) is 3.74. The van der Waals surface area contributed by atoms with E-state index in [0.717, 1.165) is 16.0 Å². The summed E-state index contributed by atoms with van der Waals surface area (Å²) in [5, 5.41) is 0.239. The Morgan fingerprint density at radius 3 is 2.27 bits per heavy atom. The number of ether oxygens (including phenoxy) is 1. The van der Waals surface area contributed by atoms with Gasteiger partial charge in [0.05, 0.1) is 0 Å². The van der Waals surface area contributed by atoms with Crippen LogP contribution < -0.4 is 0 Å². The van der Waals surface area contributed by atoms with Crippen LogP contribution >= 0.6 is 11.6 Å². The van der Waals surface area contributed by atoms with Crippen LogP contribution in [-0.2, 0) is 16.0 Å². The summed E-state index contributed by atoms with van der Waals surface area (Å²) in [5.41, 5.74) is 1.79. The van der Waals surface area contributed by atoms with Gasteiger partial charge in [0.1, 0.15) is 11.9 Å². The SMILES string of the molecule is C=CC[C@H](Cc1c(F)cccc1Cl)C(=O)N1C(=O)O[C@H](c2ccccc2)[C@@H]1c1ccccc1. The number of hydrogen-bond acceptors (Lipinski definition) is 3. The standard InChI is InChI=1S/C27H23ClFNO3/c1-2-10-20(17-21-22(28)15-9-16-23(21)29)26(31)30-24(18-11-5-3-6-12-18)25(33-27(30)32)19-13-7-4-8-14-19/h2-9,11-16,20,24-25H,1,10,17H2/t20-,24+,25-/m1/s1. The number of imide groups is 1. The van der Waals surface area contributed by atoms with Crippen molar-refractivity contribution in [3.8, 4) is 0 Å². The third kappa shape index (κ3) is 4.69. The predicted molar refractivity (Wildman–Crippen MR) is 125 cm³/mol. The number of amides is 2. The Bertz CT molecular complexity index is 1130. The minimum Gasteiger partial charge on any atom is -0.438 e. The summed E-state index contributed by atoms with van der Waals surface area (Å²) in [5.74, 6) is -1.67. The predicted octanol–water partition coefficient (Wildman–Crippen LogP) is 6.68. The van der Waals surface area contributed by atoms with E-state index >= 15 is 0 Å². The van der Waals surface area contributed by atoms with Gasteiger partial charge in [-0.05, 0) is 36.1 Å². The molecule has 1 aliphatic rings. The molecule has 4 rings (SSSR count). The van der Waals surface area contributed by atoms with Crippen molar-refractivity contribution in [2.24, 2.45) is 5.92 Å². The van der Waals surface area contributed by atoms with Crippen molar-refractivity contribution < 1.29 is 18.7 Å². The smallest absolute Gasteiger partial charge is 0.417 e. The van der Waals surface area contributed by atoms with Gasteiger partial charge in [0.15, 0.2) is 6.10 Å². The molecular weight excluding hydrogens is 441 g/mol. The number of carbonyl (C=O) groups excluding carboxylic acids is 2. The highest BCUT2D eigenvalue weighted by Crippen LogP contribution is 2.44. The molecule has 1 fully saturated rings. The van der Waals surface area contributed by atoms with Crippen LogP contribution in [-0.4, -0.2) is 16.9 Å². The van der Waals surface area contributed by atoms with E-state index in [4.69, 9.17) is 16.3 Å². The van der Waals surface area contributed by atoms with Gasteiger partial charge in [0.2, 0.25) is 5.91 Å². The van der Waals surface area contributed by atoms with Crippen LogP contribution in [0.1, 0.15) is 35.3 Å². The Balaban J connectivity index is 1.73. The van der Waals surface area contributed by atoms with Crippen molar-refractivity contribution in [2.75, 3.05) is 0 Å². The van der Waals surface area contributed by atoms with Crippen molar-refractivity contribution in [1.82, 2.24) is 4.90 Å². The van der Waals surface area contributed by atoms with Crippen LogP contribution in [0.15, 0.2) is 91.5 Å². The fraction of sp³-hybridized carbons (Fsp3) is 0.185. The van der Waals surface area contributed by atoms with Crippen molar-refractivity contribution in [3.05, 3.63) is 119 Å². The number of allylic oxidation sites excluding steroid dienone is 1. The summed E-state index contributed by atoms with van der Waals surface area (Å²) in [6, 6.07) is 22.3. The van der Waals surface area contributed by atoms with Crippen molar-refractivity contribution in [1.29, 1.82) is 0 Å². The van der Waals surface area contributed by atoms with E-state index < -0.39 is 35.9 Å². The van der Waals surface area contributed by atoms with Crippen LogP contribution in [0.25, 0.3) is 0 Å². The first-order valence-corrected chi connectivity index (χ1v) is 11.1. The molecule has 168 valence electrons. The number of rotatable bonds is 7. The Morgan fingerprint density at radius 1 is 1.03 bits per heavy atom. The quantitative estimate of drug-likeness (QED) is 0.367. The van der Waals surface area contributed by atoms with Gasteiger partial charge in [0.25, 0.3) is 0 Å². The second-order valence-corrected chi connectivity index (χ2v) is 8.31. The van der Waals surface area contributed by atoms with E-state index in [1.807, 2.05) is 60.7 Å². The van der Waals surface area contributed by atoms with Crippen molar-refractivity contribution in [3.63, 3.8) is 0 Å². The molecule has 0 N–H and O–H groups in total. The average molecular weight is 464 g/mol. The summed E-state index contributed by atoms with van der Waals surface area (Å²) in [6.07, 6.45) is 0.496. The highest BCUT2D eigenvalue weighted by Gasteiger charge is 2.48. The number of halogens is 2. The Morgan fingerprint density at radius 2 is 1.67 bits per heavy atom. The van der Waals surface area contributed by atoms with Gasteiger partial charge < -0.3 is 4.74 Å². The zero-order chi connectivity index (χ0) is 23.4. The molecule has 0 aromatic heterocycles. The highest BCUT2D eigenvalue weighted by atomic mass is 35.5. The Kier molecular flexibility index (Phi) is 6.90. The third-order valence-electron chi connectivity index (χ3n) is 5.81.